The van der Waals surface area contributed by atoms with Gasteiger partial charge in [0.25, 0.3) is 0 Å². The van der Waals surface area contributed by atoms with Gasteiger partial charge in [-0.1, -0.05) is 12.0 Å². The molecule has 4 heterocycles. The third-order valence-corrected chi connectivity index (χ3v) is 9.44. The lowest BCUT2D eigenvalue weighted by Gasteiger charge is -2.42. The molecule has 11 nitrogen and oxygen atoms in total. The first-order valence-corrected chi connectivity index (χ1v) is 16.5. The number of piperazine rings is 1. The fourth-order valence-corrected chi connectivity index (χ4v) is 6.82. The molecule has 0 radical (unpaired) electrons. The average molecular weight is 686 g/mol. The number of hydrogen-bond acceptors (Lipinski definition) is 10. The number of methoxy groups -OCH3 is 1. The van der Waals surface area contributed by atoms with Gasteiger partial charge in [-0.3, -0.25) is 9.88 Å². The summed E-state index contributed by atoms with van der Waals surface area (Å²) < 4.78 is 54.5. The quantitative estimate of drug-likeness (QED) is 0.117. The van der Waals surface area contributed by atoms with Crippen LogP contribution in [0.1, 0.15) is 52.0 Å². The van der Waals surface area contributed by atoms with Crippen LogP contribution >= 0.6 is 0 Å². The third-order valence-electron chi connectivity index (χ3n) is 9.44. The van der Waals surface area contributed by atoms with Gasteiger partial charge in [-0.05, 0) is 70.0 Å². The van der Waals surface area contributed by atoms with Crippen molar-refractivity contribution in [1.29, 1.82) is 0 Å². The van der Waals surface area contributed by atoms with Gasteiger partial charge in [0, 0.05) is 37.3 Å². The van der Waals surface area contributed by atoms with Crippen molar-refractivity contribution in [1.82, 2.24) is 19.9 Å². The molecular weight excluding hydrogens is 648 g/mol. The highest BCUT2D eigenvalue weighted by Gasteiger charge is 2.46. The van der Waals surface area contributed by atoms with Gasteiger partial charge in [0.15, 0.2) is 12.6 Å². The maximum atomic E-state index is 17.0. The van der Waals surface area contributed by atoms with Gasteiger partial charge >= 0.3 is 12.1 Å². The second kappa shape index (κ2) is 12.7. The van der Waals surface area contributed by atoms with Crippen molar-refractivity contribution in [2.45, 2.75) is 64.1 Å². The highest BCUT2D eigenvalue weighted by Crippen LogP contribution is 2.44. The molecule has 2 bridgehead atoms. The molecular formula is C37H37F2N5O6. The Morgan fingerprint density at radius 3 is 2.50 bits per heavy atom. The topological polar surface area (TPSA) is 116 Å². The molecule has 3 aliphatic rings. The molecule has 50 heavy (non-hydrogen) atoms. The lowest BCUT2D eigenvalue weighted by atomic mass is 9.95. The lowest BCUT2D eigenvalue weighted by molar-refractivity contribution is -0.113. The van der Waals surface area contributed by atoms with E-state index < -0.39 is 22.7 Å². The van der Waals surface area contributed by atoms with Crippen LogP contribution in [0.15, 0.2) is 30.5 Å². The zero-order valence-electron chi connectivity index (χ0n) is 28.3. The van der Waals surface area contributed by atoms with Gasteiger partial charge in [-0.2, -0.15) is 9.97 Å². The van der Waals surface area contributed by atoms with Crippen LogP contribution in [0.3, 0.4) is 0 Å². The lowest BCUT2D eigenvalue weighted by Crippen LogP contribution is -2.57. The third kappa shape index (κ3) is 6.13. The Balaban J connectivity index is 1.35. The van der Waals surface area contributed by atoms with E-state index in [0.717, 1.165) is 19.1 Å². The van der Waals surface area contributed by atoms with Crippen molar-refractivity contribution in [2.24, 2.45) is 5.41 Å². The molecule has 2 atom stereocenters. The molecule has 260 valence electrons. The number of hydrogen-bond donors (Lipinski definition) is 0. The number of pyridine rings is 1. The van der Waals surface area contributed by atoms with Crippen molar-refractivity contribution >= 4 is 39.9 Å². The Morgan fingerprint density at radius 1 is 1.12 bits per heavy atom. The molecule has 1 amide bonds. The van der Waals surface area contributed by atoms with Gasteiger partial charge in [0.05, 0.1) is 28.4 Å². The Kier molecular flexibility index (Phi) is 8.46. The molecule has 1 saturated carbocycles. The summed E-state index contributed by atoms with van der Waals surface area (Å²) in [7, 11) is 1.47. The number of rotatable bonds is 9. The van der Waals surface area contributed by atoms with Crippen molar-refractivity contribution < 1.29 is 37.3 Å². The summed E-state index contributed by atoms with van der Waals surface area (Å²) in [4.78, 5) is 42.4. The molecule has 0 spiro atoms. The van der Waals surface area contributed by atoms with Gasteiger partial charge < -0.3 is 28.6 Å². The second-order valence-electron chi connectivity index (χ2n) is 14.1. The first-order chi connectivity index (χ1) is 23.9. The van der Waals surface area contributed by atoms with Crippen LogP contribution in [0.5, 0.6) is 11.8 Å². The number of amides is 1. The summed E-state index contributed by atoms with van der Waals surface area (Å²) in [5, 5.41) is 1.11. The van der Waals surface area contributed by atoms with Crippen LogP contribution in [0.4, 0.5) is 19.4 Å². The molecule has 2 saturated heterocycles. The number of halogens is 2. The number of carbonyl (C=O) groups excluding carboxylic acids is 2. The Hall–Kier alpha value is -5.09. The van der Waals surface area contributed by atoms with Crippen molar-refractivity contribution in [2.75, 3.05) is 38.5 Å². The van der Waals surface area contributed by atoms with Crippen LogP contribution in [0, 0.1) is 29.4 Å². The first kappa shape index (κ1) is 33.4. The zero-order chi connectivity index (χ0) is 35.4. The van der Waals surface area contributed by atoms with Gasteiger partial charge in [-0.15, -0.1) is 6.42 Å². The van der Waals surface area contributed by atoms with Gasteiger partial charge in [0.2, 0.25) is 0 Å². The predicted molar refractivity (Wildman–Crippen MR) is 181 cm³/mol. The van der Waals surface area contributed by atoms with E-state index in [1.54, 1.807) is 11.0 Å². The summed E-state index contributed by atoms with van der Waals surface area (Å²) in [6, 6.07) is 5.57. The number of terminal acetylenes is 1. The van der Waals surface area contributed by atoms with E-state index in [1.165, 1.54) is 31.5 Å². The van der Waals surface area contributed by atoms with Crippen LogP contribution < -0.4 is 14.4 Å². The maximum Gasteiger partial charge on any atom is 0.410 e. The molecule has 13 heteroatoms. The minimum Gasteiger partial charge on any atom is -0.468 e. The minimum absolute atomic E-state index is 0.0486. The smallest absolute Gasteiger partial charge is 0.410 e. The fraction of sp³-hybridized carbons (Fsp3) is 0.432. The number of anilines is 1. The average Bonchev–Trinajstić information content (AvgIpc) is 3.82. The van der Waals surface area contributed by atoms with Crippen LogP contribution in [-0.4, -0.2) is 83.5 Å². The maximum absolute atomic E-state index is 17.0. The summed E-state index contributed by atoms with van der Waals surface area (Å²) >= 11 is 0. The van der Waals surface area contributed by atoms with E-state index in [2.05, 4.69) is 15.9 Å². The minimum atomic E-state index is -0.805. The van der Waals surface area contributed by atoms with E-state index in [9.17, 15) is 9.59 Å². The Morgan fingerprint density at radius 2 is 1.86 bits per heavy atom. The summed E-state index contributed by atoms with van der Waals surface area (Å²) in [6.45, 7) is 6.30. The van der Waals surface area contributed by atoms with Crippen molar-refractivity contribution in [3.05, 3.63) is 47.7 Å². The molecule has 4 aromatic rings. The van der Waals surface area contributed by atoms with Crippen molar-refractivity contribution in [3.8, 4) is 35.4 Å². The van der Waals surface area contributed by atoms with E-state index in [-0.39, 0.29) is 65.3 Å². The number of aldehydes is 1. The van der Waals surface area contributed by atoms with Crippen LogP contribution in [0.2, 0.25) is 0 Å². The molecule has 2 aromatic carbocycles. The van der Waals surface area contributed by atoms with Crippen LogP contribution in [0.25, 0.3) is 32.9 Å². The largest absolute Gasteiger partial charge is 0.468 e. The number of nitrogens with zero attached hydrogens (tertiary/aromatic N) is 5. The van der Waals surface area contributed by atoms with E-state index in [4.69, 9.17) is 30.4 Å². The predicted octanol–water partition coefficient (Wildman–Crippen LogP) is 6.03. The van der Waals surface area contributed by atoms with Gasteiger partial charge in [-0.25, -0.2) is 13.6 Å². The molecule has 2 unspecified atom stereocenters. The van der Waals surface area contributed by atoms with Crippen LogP contribution in [-0.2, 0) is 14.3 Å². The fourth-order valence-electron chi connectivity index (χ4n) is 6.82. The first-order valence-electron chi connectivity index (χ1n) is 16.5. The molecule has 1 aliphatic carbocycles. The molecule has 0 N–H and O–H groups in total. The monoisotopic (exact) mass is 685 g/mol. The van der Waals surface area contributed by atoms with E-state index >= 15 is 8.78 Å². The number of carbonyl (C=O) groups is 2. The normalized spacial score (nSPS) is 19.4. The zero-order valence-corrected chi connectivity index (χ0v) is 28.3. The van der Waals surface area contributed by atoms with Crippen molar-refractivity contribution in [3.63, 3.8) is 0 Å². The Labute approximate surface area is 287 Å². The molecule has 7 rings (SSSR count). The highest BCUT2D eigenvalue weighted by atomic mass is 19.1. The van der Waals surface area contributed by atoms with Gasteiger partial charge in [0.1, 0.15) is 47.1 Å². The number of benzene rings is 2. The SMILES string of the molecule is C#Cc1c(F)ccc2cc(OCOC)cc(-c3ncc4c(N5CC6CCC(C5)N6C(=O)OC(C)(C)C)nc(OCC5(C=O)CC5)nc4c3F)c12. The highest BCUT2D eigenvalue weighted by molar-refractivity contribution is 6.03. The number of fused-ring (bicyclic) bond motifs is 4. The second-order valence-corrected chi connectivity index (χ2v) is 14.1. The summed E-state index contributed by atoms with van der Waals surface area (Å²) in [6.07, 6.45) is 10.6. The summed E-state index contributed by atoms with van der Waals surface area (Å²) in [5.41, 5.74) is -1.32. The Bertz CT molecular complexity index is 2040. The van der Waals surface area contributed by atoms with E-state index in [1.807, 2.05) is 25.7 Å². The standard InChI is InChI=1S/C37H37F2N5O6/c1-6-25-28(38)10-7-21-13-24(49-20-47-5)14-26(29(21)25)31-30(39)32-27(15-40-31)33(42-34(41-32)48-19-37(18-45)11-12-37)43-16-22-8-9-23(17-43)44(22)35(46)50-36(2,3)4/h1,7,10,13-15,18,22-23H,8-9,11-12,16-17,19-20H2,2-5H3. The number of aromatic nitrogens is 3. The molecule has 2 aliphatic heterocycles. The molecule has 2 aromatic heterocycles. The summed E-state index contributed by atoms with van der Waals surface area (Å²) in [5.74, 6) is 1.67. The molecule has 3 fully saturated rings. The van der Waals surface area contributed by atoms with E-state index in [0.29, 0.717) is 48.3 Å². The number of ether oxygens (including phenoxy) is 4.